The molecule has 0 aliphatic heterocycles. The molecular formula is C15H27Br2NO4. The Morgan fingerprint density at radius 3 is 2.05 bits per heavy atom. The quantitative estimate of drug-likeness (QED) is 0.262. The molecule has 1 atom stereocenters. The molecule has 1 unspecified atom stereocenters. The van der Waals surface area contributed by atoms with Gasteiger partial charge in [0.1, 0.15) is 5.60 Å². The third-order valence-corrected chi connectivity index (χ3v) is 3.57. The van der Waals surface area contributed by atoms with Gasteiger partial charge in [-0.25, -0.2) is 0 Å². The van der Waals surface area contributed by atoms with Crippen molar-refractivity contribution in [3.8, 4) is 0 Å². The van der Waals surface area contributed by atoms with E-state index in [0.717, 1.165) is 0 Å². The lowest BCUT2D eigenvalue weighted by molar-refractivity contribution is -0.170. The van der Waals surface area contributed by atoms with E-state index in [-0.39, 0.29) is 10.3 Å². The van der Waals surface area contributed by atoms with Crippen LogP contribution in [-0.2, 0) is 19.2 Å². The Labute approximate surface area is 150 Å². The lowest BCUT2D eigenvalue weighted by Gasteiger charge is -2.35. The second kappa shape index (κ2) is 8.11. The Morgan fingerprint density at radius 1 is 1.14 bits per heavy atom. The first-order chi connectivity index (χ1) is 9.70. The molecule has 0 aromatic heterocycles. The third kappa shape index (κ3) is 8.48. The van der Waals surface area contributed by atoms with Crippen molar-refractivity contribution in [1.82, 2.24) is 4.51 Å². The first kappa shape index (κ1) is 21.9. The molecule has 0 saturated heterocycles. The molecule has 1 N–H and O–H groups in total. The van der Waals surface area contributed by atoms with Gasteiger partial charge in [-0.3, -0.25) is 9.59 Å². The minimum absolute atomic E-state index is 0.125. The van der Waals surface area contributed by atoms with Gasteiger partial charge in [0.25, 0.3) is 0 Å². The zero-order valence-electron chi connectivity index (χ0n) is 14.4. The fourth-order valence-electron chi connectivity index (χ4n) is 2.51. The number of carbonyl (C=O) groups is 2. The number of hydrogen-bond donors (Lipinski definition) is 1. The van der Waals surface area contributed by atoms with Crippen molar-refractivity contribution in [2.75, 3.05) is 0 Å². The number of alkyl halides is 1. The number of nitrogens with one attached hydrogen (secondary N) is 1. The molecule has 0 rings (SSSR count). The van der Waals surface area contributed by atoms with E-state index in [1.54, 1.807) is 20.8 Å². The summed E-state index contributed by atoms with van der Waals surface area (Å²) in [6.45, 7) is 13.1. The van der Waals surface area contributed by atoms with Gasteiger partial charge in [-0.1, -0.05) is 27.4 Å². The summed E-state index contributed by atoms with van der Waals surface area (Å²) in [5, 5.41) is 0. The zero-order valence-corrected chi connectivity index (χ0v) is 17.6. The predicted molar refractivity (Wildman–Crippen MR) is 93.5 cm³/mol. The molecule has 5 nitrogen and oxygen atoms in total. The van der Waals surface area contributed by atoms with Gasteiger partial charge in [-0.2, -0.15) is 0 Å². The molecule has 0 amide bonds. The van der Waals surface area contributed by atoms with E-state index in [1.807, 2.05) is 27.7 Å². The maximum absolute atomic E-state index is 12.5. The first-order valence-electron chi connectivity index (χ1n) is 7.19. The summed E-state index contributed by atoms with van der Waals surface area (Å²) < 4.78 is 7.72. The molecule has 0 aliphatic carbocycles. The highest BCUT2D eigenvalue weighted by Gasteiger charge is 2.38. The first-order valence-corrected chi connectivity index (χ1v) is 8.77. The van der Waals surface area contributed by atoms with E-state index in [9.17, 15) is 9.59 Å². The van der Waals surface area contributed by atoms with Gasteiger partial charge in [-0.15, -0.1) is 0 Å². The van der Waals surface area contributed by atoms with Crippen LogP contribution < -0.4 is 4.51 Å². The van der Waals surface area contributed by atoms with Crippen LogP contribution in [0.4, 0.5) is 0 Å². The van der Waals surface area contributed by atoms with Crippen molar-refractivity contribution in [2.45, 2.75) is 71.2 Å². The lowest BCUT2D eigenvalue weighted by atomic mass is 9.83. The largest absolute Gasteiger partial charge is 0.459 e. The summed E-state index contributed by atoms with van der Waals surface area (Å²) in [6, 6.07) is 0. The molecule has 0 fully saturated rings. The minimum atomic E-state index is -0.779. The van der Waals surface area contributed by atoms with Gasteiger partial charge in [0.05, 0.1) is 27.5 Å². The van der Waals surface area contributed by atoms with E-state index < -0.39 is 22.9 Å². The van der Waals surface area contributed by atoms with Crippen LogP contribution in [0.15, 0.2) is 0 Å². The Morgan fingerprint density at radius 2 is 1.64 bits per heavy atom. The number of rotatable bonds is 8. The van der Waals surface area contributed by atoms with E-state index in [4.69, 9.17) is 4.74 Å². The number of esters is 1. The maximum atomic E-state index is 12.5. The smallest absolute Gasteiger partial charge is 0.328 e. The van der Waals surface area contributed by atoms with Gasteiger partial charge < -0.3 is 9.57 Å². The van der Waals surface area contributed by atoms with Gasteiger partial charge in [0.2, 0.25) is 0 Å². The van der Waals surface area contributed by atoms with Crippen LogP contribution in [0.1, 0.15) is 61.3 Å². The molecule has 0 aliphatic rings. The second-order valence-corrected chi connectivity index (χ2v) is 10.0. The molecule has 0 radical (unpaired) electrons. The molecule has 0 bridgehead atoms. The van der Waals surface area contributed by atoms with Crippen molar-refractivity contribution < 1.29 is 19.2 Å². The van der Waals surface area contributed by atoms with Gasteiger partial charge in [0.15, 0.2) is 0 Å². The van der Waals surface area contributed by atoms with E-state index in [1.165, 1.54) is 0 Å². The van der Waals surface area contributed by atoms with Crippen LogP contribution in [0.3, 0.4) is 0 Å². The highest BCUT2D eigenvalue weighted by Crippen LogP contribution is 2.34. The average molecular weight is 445 g/mol. The summed E-state index contributed by atoms with van der Waals surface area (Å²) in [5.41, 5.74) is -1.37. The van der Waals surface area contributed by atoms with Crippen molar-refractivity contribution in [1.29, 1.82) is 0 Å². The minimum Gasteiger partial charge on any atom is -0.459 e. The fraction of sp³-hybridized carbons (Fsp3) is 0.867. The maximum Gasteiger partial charge on any atom is 0.328 e. The molecule has 7 heteroatoms. The topological polar surface area (TPSA) is 64.6 Å². The summed E-state index contributed by atoms with van der Waals surface area (Å²) >= 11 is 6.37. The predicted octanol–water partition coefficient (Wildman–Crippen LogP) is 4.28. The average Bonchev–Trinajstić information content (AvgIpc) is 2.24. The summed E-state index contributed by atoms with van der Waals surface area (Å²) in [6.07, 6.45) is 1.01. The second-order valence-electron chi connectivity index (χ2n) is 7.53. The number of hydrogen-bond acceptors (Lipinski definition) is 5. The van der Waals surface area contributed by atoms with Crippen molar-refractivity contribution >= 4 is 44.0 Å². The van der Waals surface area contributed by atoms with E-state index >= 15 is 0 Å². The molecule has 130 valence electrons. The SMILES string of the molecule is CC(CC(C)(C)C(=O)OC(C)(C)CC(C)(C)Br)C(=O)ONBr. The van der Waals surface area contributed by atoms with Crippen LogP contribution in [0, 0.1) is 11.3 Å². The standard InChI is InChI=1S/C15H27Br2NO4/c1-10(11(19)22-18-17)8-13(2,3)12(20)21-15(6,7)9-14(4,5)16/h10,18H,8-9H2,1-7H3. The van der Waals surface area contributed by atoms with Crippen molar-refractivity contribution in [3.05, 3.63) is 0 Å². The molecule has 0 spiro atoms. The van der Waals surface area contributed by atoms with Crippen LogP contribution in [0.2, 0.25) is 0 Å². The Kier molecular flexibility index (Phi) is 8.05. The molecule has 0 aromatic rings. The molecule has 0 aromatic carbocycles. The van der Waals surface area contributed by atoms with Crippen LogP contribution >= 0.6 is 32.1 Å². The summed E-state index contributed by atoms with van der Waals surface area (Å²) in [5.74, 6) is -1.18. The molecule has 0 heterocycles. The Hall–Kier alpha value is -0.140. The van der Waals surface area contributed by atoms with Crippen molar-refractivity contribution in [2.24, 2.45) is 11.3 Å². The Balaban J connectivity index is 4.78. The van der Waals surface area contributed by atoms with Crippen LogP contribution in [-0.4, -0.2) is 21.9 Å². The van der Waals surface area contributed by atoms with Crippen molar-refractivity contribution in [3.63, 3.8) is 0 Å². The summed E-state index contributed by atoms with van der Waals surface area (Å²) in [7, 11) is 0. The van der Waals surface area contributed by atoms with Gasteiger partial charge >= 0.3 is 11.9 Å². The monoisotopic (exact) mass is 443 g/mol. The van der Waals surface area contributed by atoms with E-state index in [0.29, 0.717) is 12.8 Å². The highest BCUT2D eigenvalue weighted by atomic mass is 79.9. The highest BCUT2D eigenvalue weighted by molar-refractivity contribution is 9.10. The number of carbonyl (C=O) groups excluding carboxylic acids is 2. The molecule has 22 heavy (non-hydrogen) atoms. The normalized spacial score (nSPS) is 14.4. The van der Waals surface area contributed by atoms with E-state index in [2.05, 4.69) is 41.4 Å². The Bertz CT molecular complexity index is 403. The van der Waals surface area contributed by atoms with Crippen LogP contribution in [0.25, 0.3) is 0 Å². The zero-order chi connectivity index (χ0) is 17.8. The van der Waals surface area contributed by atoms with Gasteiger partial charge in [0, 0.05) is 10.7 Å². The van der Waals surface area contributed by atoms with Gasteiger partial charge in [-0.05, 0) is 48.0 Å². The summed E-state index contributed by atoms with van der Waals surface area (Å²) in [4.78, 5) is 28.8. The third-order valence-electron chi connectivity index (χ3n) is 3.13. The van der Waals surface area contributed by atoms with Crippen LogP contribution in [0.5, 0.6) is 0 Å². The molecule has 0 saturated carbocycles. The number of ether oxygens (including phenoxy) is 1. The fourth-order valence-corrected chi connectivity index (χ4v) is 3.34. The number of halogens is 2. The lowest BCUT2D eigenvalue weighted by Crippen LogP contribution is -2.40. The molecular weight excluding hydrogens is 418 g/mol.